The Hall–Kier alpha value is -0.950. The van der Waals surface area contributed by atoms with E-state index < -0.39 is 5.60 Å². The molecule has 6 heteroatoms. The fraction of sp³-hybridized carbons (Fsp3) is 0.706. The highest BCUT2D eigenvalue weighted by Crippen LogP contribution is 2.34. The quantitative estimate of drug-likeness (QED) is 0.861. The van der Waals surface area contributed by atoms with Crippen molar-refractivity contribution in [3.05, 3.63) is 21.9 Å². The van der Waals surface area contributed by atoms with Gasteiger partial charge in [-0.3, -0.25) is 4.79 Å². The number of likely N-dealkylation sites (N-methyl/N-ethyl adjacent to an activating group) is 1. The van der Waals surface area contributed by atoms with Crippen LogP contribution in [-0.2, 0) is 4.74 Å². The molecular formula is C17H26N2O3S. The third-order valence-corrected chi connectivity index (χ3v) is 6.14. The predicted octanol–water partition coefficient (Wildman–Crippen LogP) is 1.65. The molecule has 2 aliphatic rings. The number of carbonyl (C=O) groups is 1. The highest BCUT2D eigenvalue weighted by Gasteiger charge is 2.43. The first-order valence-corrected chi connectivity index (χ1v) is 9.09. The SMILES string of the molecule is CN[C@@H]1CO[C@@H]2CCN(C(=O)c3ccc(C)s3)C[C@@H]2C[C@@]1(C)O. The van der Waals surface area contributed by atoms with Crippen molar-refractivity contribution in [2.75, 3.05) is 26.7 Å². The van der Waals surface area contributed by atoms with E-state index in [2.05, 4.69) is 5.32 Å². The van der Waals surface area contributed by atoms with E-state index in [1.807, 2.05) is 37.9 Å². The first kappa shape index (κ1) is 16.9. The normalized spacial score (nSPS) is 34.8. The van der Waals surface area contributed by atoms with Gasteiger partial charge in [-0.1, -0.05) is 0 Å². The van der Waals surface area contributed by atoms with Gasteiger partial charge in [-0.05, 0) is 45.9 Å². The van der Waals surface area contributed by atoms with Crippen molar-refractivity contribution in [1.82, 2.24) is 10.2 Å². The first-order valence-electron chi connectivity index (χ1n) is 8.27. The van der Waals surface area contributed by atoms with Crippen molar-refractivity contribution in [3.8, 4) is 0 Å². The van der Waals surface area contributed by atoms with Gasteiger partial charge < -0.3 is 20.1 Å². The second-order valence-electron chi connectivity index (χ2n) is 6.98. The fourth-order valence-corrected chi connectivity index (χ4v) is 4.62. The number of thiophene rings is 1. The molecule has 3 rings (SSSR count). The highest BCUT2D eigenvalue weighted by molar-refractivity contribution is 7.13. The molecule has 128 valence electrons. The van der Waals surface area contributed by atoms with E-state index in [0.29, 0.717) is 19.6 Å². The Balaban J connectivity index is 1.72. The van der Waals surface area contributed by atoms with Gasteiger partial charge in [0, 0.05) is 23.9 Å². The number of hydrogen-bond acceptors (Lipinski definition) is 5. The van der Waals surface area contributed by atoms with Crippen LogP contribution in [-0.4, -0.2) is 60.4 Å². The van der Waals surface area contributed by atoms with Gasteiger partial charge in [0.25, 0.3) is 5.91 Å². The second-order valence-corrected chi connectivity index (χ2v) is 8.27. The van der Waals surface area contributed by atoms with Gasteiger partial charge in [0.15, 0.2) is 0 Å². The molecule has 4 atom stereocenters. The summed E-state index contributed by atoms with van der Waals surface area (Å²) < 4.78 is 6.03. The van der Waals surface area contributed by atoms with Crippen LogP contribution >= 0.6 is 11.3 Å². The molecule has 2 saturated heterocycles. The Kier molecular flexibility index (Phi) is 4.78. The standard InChI is InChI=1S/C17H26N2O3S/c1-11-4-5-14(23-11)16(20)19-7-6-13-12(9-19)8-17(2,21)15(18-3)10-22-13/h4-5,12-13,15,18,21H,6-10H2,1-3H3/t12-,13+,15+,17+/m0/s1. The van der Waals surface area contributed by atoms with E-state index in [9.17, 15) is 9.90 Å². The van der Waals surface area contributed by atoms with Crippen LogP contribution in [0.15, 0.2) is 12.1 Å². The van der Waals surface area contributed by atoms with Crippen LogP contribution < -0.4 is 5.32 Å². The maximum Gasteiger partial charge on any atom is 0.263 e. The third kappa shape index (κ3) is 3.45. The van der Waals surface area contributed by atoms with Gasteiger partial charge in [0.2, 0.25) is 0 Å². The van der Waals surface area contributed by atoms with E-state index in [4.69, 9.17) is 4.74 Å². The number of aliphatic hydroxyl groups is 1. The molecule has 0 saturated carbocycles. The molecule has 5 nitrogen and oxygen atoms in total. The van der Waals surface area contributed by atoms with Crippen molar-refractivity contribution >= 4 is 17.2 Å². The molecular weight excluding hydrogens is 312 g/mol. The molecule has 0 bridgehead atoms. The van der Waals surface area contributed by atoms with Crippen molar-refractivity contribution in [1.29, 1.82) is 0 Å². The number of fused-ring (bicyclic) bond motifs is 1. The van der Waals surface area contributed by atoms with Gasteiger partial charge in [-0.15, -0.1) is 11.3 Å². The summed E-state index contributed by atoms with van der Waals surface area (Å²) in [6, 6.07) is 3.82. The van der Waals surface area contributed by atoms with Crippen LogP contribution in [0.3, 0.4) is 0 Å². The van der Waals surface area contributed by atoms with E-state index in [1.165, 1.54) is 0 Å². The van der Waals surface area contributed by atoms with Crippen LogP contribution in [0.4, 0.5) is 0 Å². The number of likely N-dealkylation sites (tertiary alicyclic amines) is 1. The maximum atomic E-state index is 12.7. The summed E-state index contributed by atoms with van der Waals surface area (Å²) in [5.74, 6) is 0.290. The number of piperidine rings is 1. The topological polar surface area (TPSA) is 61.8 Å². The zero-order valence-electron chi connectivity index (χ0n) is 14.0. The largest absolute Gasteiger partial charge is 0.388 e. The minimum absolute atomic E-state index is 0.0720. The molecule has 0 radical (unpaired) electrons. The Bertz CT molecular complexity index is 572. The summed E-state index contributed by atoms with van der Waals surface area (Å²) >= 11 is 1.54. The molecule has 0 aliphatic carbocycles. The molecule has 1 amide bonds. The monoisotopic (exact) mass is 338 g/mol. The Morgan fingerprint density at radius 2 is 2.30 bits per heavy atom. The minimum atomic E-state index is -0.820. The van der Waals surface area contributed by atoms with Crippen molar-refractivity contribution < 1.29 is 14.6 Å². The second kappa shape index (κ2) is 6.51. The van der Waals surface area contributed by atoms with Crippen molar-refractivity contribution in [3.63, 3.8) is 0 Å². The number of hydrogen-bond donors (Lipinski definition) is 2. The average molecular weight is 338 g/mol. The van der Waals surface area contributed by atoms with Gasteiger partial charge in [0.05, 0.1) is 29.2 Å². The van der Waals surface area contributed by atoms with Crippen LogP contribution in [0.25, 0.3) is 0 Å². The Morgan fingerprint density at radius 1 is 1.52 bits per heavy atom. The Morgan fingerprint density at radius 3 is 2.96 bits per heavy atom. The molecule has 0 aromatic carbocycles. The molecule has 1 aromatic heterocycles. The molecule has 0 spiro atoms. The number of rotatable bonds is 2. The van der Waals surface area contributed by atoms with E-state index in [0.717, 1.165) is 22.7 Å². The minimum Gasteiger partial charge on any atom is -0.388 e. The van der Waals surface area contributed by atoms with E-state index in [1.54, 1.807) is 11.3 Å². The number of nitrogens with one attached hydrogen (secondary N) is 1. The lowest BCUT2D eigenvalue weighted by Crippen LogP contribution is -2.51. The molecule has 0 unspecified atom stereocenters. The zero-order chi connectivity index (χ0) is 16.6. The van der Waals surface area contributed by atoms with Gasteiger partial charge in [-0.2, -0.15) is 0 Å². The molecule has 2 N–H and O–H groups in total. The number of ether oxygens (including phenoxy) is 1. The van der Waals surface area contributed by atoms with E-state index >= 15 is 0 Å². The van der Waals surface area contributed by atoms with Gasteiger partial charge in [0.1, 0.15) is 0 Å². The lowest BCUT2D eigenvalue weighted by atomic mass is 9.82. The summed E-state index contributed by atoms with van der Waals surface area (Å²) in [4.78, 5) is 16.6. The summed E-state index contributed by atoms with van der Waals surface area (Å²) in [7, 11) is 1.85. The summed E-state index contributed by atoms with van der Waals surface area (Å²) in [5.41, 5.74) is -0.820. The lowest BCUT2D eigenvalue weighted by molar-refractivity contribution is -0.0216. The third-order valence-electron chi connectivity index (χ3n) is 5.15. The fourth-order valence-electron chi connectivity index (χ4n) is 3.78. The molecule has 2 fully saturated rings. The van der Waals surface area contributed by atoms with Crippen LogP contribution in [0.5, 0.6) is 0 Å². The number of amides is 1. The lowest BCUT2D eigenvalue weighted by Gasteiger charge is -2.39. The highest BCUT2D eigenvalue weighted by atomic mass is 32.1. The number of aryl methyl sites for hydroxylation is 1. The van der Waals surface area contributed by atoms with Crippen LogP contribution in [0.1, 0.15) is 34.3 Å². The van der Waals surface area contributed by atoms with E-state index in [-0.39, 0.29) is 24.0 Å². The first-order chi connectivity index (χ1) is 10.9. The summed E-state index contributed by atoms with van der Waals surface area (Å²) in [6.45, 7) is 5.78. The maximum absolute atomic E-state index is 12.7. The Labute approximate surface area is 141 Å². The van der Waals surface area contributed by atoms with Gasteiger partial charge >= 0.3 is 0 Å². The summed E-state index contributed by atoms with van der Waals surface area (Å²) in [6.07, 6.45) is 1.62. The predicted molar refractivity (Wildman–Crippen MR) is 90.9 cm³/mol. The van der Waals surface area contributed by atoms with Crippen molar-refractivity contribution in [2.24, 2.45) is 5.92 Å². The van der Waals surface area contributed by atoms with Crippen molar-refractivity contribution in [2.45, 2.75) is 44.4 Å². The molecule has 23 heavy (non-hydrogen) atoms. The molecule has 2 aliphatic heterocycles. The summed E-state index contributed by atoms with van der Waals surface area (Å²) in [5, 5.41) is 13.9. The molecule has 3 heterocycles. The average Bonchev–Trinajstić information content (AvgIpc) is 2.88. The van der Waals surface area contributed by atoms with Gasteiger partial charge in [-0.25, -0.2) is 0 Å². The zero-order valence-corrected chi connectivity index (χ0v) is 14.9. The molecule has 1 aromatic rings. The number of nitrogens with zero attached hydrogens (tertiary/aromatic N) is 1. The smallest absolute Gasteiger partial charge is 0.263 e. The van der Waals surface area contributed by atoms with Crippen LogP contribution in [0, 0.1) is 12.8 Å². The van der Waals surface area contributed by atoms with Crippen LogP contribution in [0.2, 0.25) is 0 Å². The number of carbonyl (C=O) groups excluding carboxylic acids is 1.